The van der Waals surface area contributed by atoms with Crippen LogP contribution < -0.4 is 10.1 Å². The van der Waals surface area contributed by atoms with Gasteiger partial charge in [-0.1, -0.05) is 36.4 Å². The van der Waals surface area contributed by atoms with Crippen LogP contribution in [0.5, 0.6) is 5.75 Å². The molecule has 3 aromatic heterocycles. The second-order valence-corrected chi connectivity index (χ2v) is 7.60. The maximum absolute atomic E-state index is 5.93. The normalized spacial score (nSPS) is 10.8. The van der Waals surface area contributed by atoms with Gasteiger partial charge in [0.1, 0.15) is 23.1 Å². The molecule has 0 bridgehead atoms. The number of ether oxygens (including phenoxy) is 1. The van der Waals surface area contributed by atoms with Gasteiger partial charge in [0.2, 0.25) is 0 Å². The van der Waals surface area contributed by atoms with Gasteiger partial charge in [-0.25, -0.2) is 4.98 Å². The molecule has 0 aliphatic carbocycles. The van der Waals surface area contributed by atoms with Crippen molar-refractivity contribution in [1.29, 1.82) is 0 Å². The minimum absolute atomic E-state index is 0.522. The third-order valence-corrected chi connectivity index (χ3v) is 5.29. The number of nitrogens with zero attached hydrogens (tertiary/aromatic N) is 4. The predicted octanol–water partition coefficient (Wildman–Crippen LogP) is 5.52. The van der Waals surface area contributed by atoms with Crippen molar-refractivity contribution in [3.63, 3.8) is 0 Å². The lowest BCUT2D eigenvalue weighted by Gasteiger charge is -2.11. The van der Waals surface area contributed by atoms with Crippen molar-refractivity contribution >= 4 is 5.82 Å². The maximum Gasteiger partial charge on any atom is 0.149 e. The number of rotatable bonds is 7. The monoisotopic (exact) mass is 437 g/mol. The highest BCUT2D eigenvalue weighted by molar-refractivity contribution is 5.65. The fourth-order valence-corrected chi connectivity index (χ4v) is 3.59. The number of anilines is 1. The molecule has 0 amide bonds. The van der Waals surface area contributed by atoms with Crippen LogP contribution in [0, 0.1) is 6.92 Å². The highest BCUT2D eigenvalue weighted by atomic mass is 16.5. The minimum atomic E-state index is 0.522. The number of hydrogen-bond donors (Lipinski definition) is 1. The molecular weight excluding hydrogens is 414 g/mol. The molecule has 3 heterocycles. The van der Waals surface area contributed by atoms with Crippen LogP contribution in [0.15, 0.2) is 89.7 Å². The number of imidazole rings is 1. The Hall–Kier alpha value is -4.39. The van der Waals surface area contributed by atoms with E-state index in [9.17, 15) is 0 Å². The quantitative estimate of drug-likeness (QED) is 0.361. The van der Waals surface area contributed by atoms with Crippen LogP contribution in [-0.2, 0) is 6.54 Å². The molecule has 0 atom stereocenters. The van der Waals surface area contributed by atoms with Crippen molar-refractivity contribution in [3.8, 4) is 34.0 Å². The number of hydrogen-bond acceptors (Lipinski definition) is 6. The lowest BCUT2D eigenvalue weighted by Crippen LogP contribution is -2.02. The molecule has 0 fully saturated rings. The average molecular weight is 438 g/mol. The minimum Gasteiger partial charge on any atom is -0.495 e. The van der Waals surface area contributed by atoms with Gasteiger partial charge in [-0.2, -0.15) is 0 Å². The van der Waals surface area contributed by atoms with E-state index in [4.69, 9.17) is 9.15 Å². The summed E-state index contributed by atoms with van der Waals surface area (Å²) in [5.74, 6) is 3.08. The summed E-state index contributed by atoms with van der Waals surface area (Å²) in [6.07, 6.45) is 3.73. The fourth-order valence-electron chi connectivity index (χ4n) is 3.59. The van der Waals surface area contributed by atoms with Crippen LogP contribution in [0.3, 0.4) is 0 Å². The number of aryl methyl sites for hydroxylation is 1. The van der Waals surface area contributed by atoms with E-state index in [-0.39, 0.29) is 0 Å². The molecule has 0 radical (unpaired) electrons. The van der Waals surface area contributed by atoms with Crippen LogP contribution >= 0.6 is 0 Å². The number of furan rings is 1. The molecule has 0 aliphatic heterocycles. The fraction of sp³-hybridized carbons (Fsp3) is 0.115. The van der Waals surface area contributed by atoms with E-state index in [1.165, 1.54) is 0 Å². The van der Waals surface area contributed by atoms with Gasteiger partial charge < -0.3 is 19.0 Å². The number of benzene rings is 2. The zero-order valence-corrected chi connectivity index (χ0v) is 18.4. The van der Waals surface area contributed by atoms with Crippen molar-refractivity contribution in [3.05, 3.63) is 96.8 Å². The molecule has 5 rings (SSSR count). The molecular formula is C26H23N5O2. The lowest BCUT2D eigenvalue weighted by atomic mass is 10.1. The van der Waals surface area contributed by atoms with Crippen LogP contribution in [0.2, 0.25) is 0 Å². The van der Waals surface area contributed by atoms with Crippen molar-refractivity contribution in [2.75, 3.05) is 12.4 Å². The van der Waals surface area contributed by atoms with Gasteiger partial charge >= 0.3 is 0 Å². The largest absolute Gasteiger partial charge is 0.495 e. The summed E-state index contributed by atoms with van der Waals surface area (Å²) in [5, 5.41) is 12.0. The van der Waals surface area contributed by atoms with Gasteiger partial charge in [0.15, 0.2) is 0 Å². The SMILES string of the molecule is COc1cc(-c2ccc(NCc3ccc(-c4ccccc4)o3)nn2)ccc1-n1cnc(C)c1. The van der Waals surface area contributed by atoms with Crippen molar-refractivity contribution in [2.45, 2.75) is 13.5 Å². The van der Waals surface area contributed by atoms with Gasteiger partial charge in [0, 0.05) is 17.3 Å². The molecule has 0 saturated heterocycles. The number of aromatic nitrogens is 4. The molecule has 0 spiro atoms. The molecule has 7 nitrogen and oxygen atoms in total. The smallest absolute Gasteiger partial charge is 0.149 e. The summed E-state index contributed by atoms with van der Waals surface area (Å²) in [7, 11) is 1.66. The Balaban J connectivity index is 1.27. The first-order valence-corrected chi connectivity index (χ1v) is 10.6. The van der Waals surface area contributed by atoms with E-state index in [2.05, 4.69) is 20.5 Å². The summed E-state index contributed by atoms with van der Waals surface area (Å²) in [4.78, 5) is 4.29. The Morgan fingerprint density at radius 3 is 2.55 bits per heavy atom. The van der Waals surface area contributed by atoms with E-state index in [0.717, 1.165) is 45.5 Å². The summed E-state index contributed by atoms with van der Waals surface area (Å²) in [6, 6.07) is 23.8. The molecule has 2 aromatic carbocycles. The highest BCUT2D eigenvalue weighted by Crippen LogP contribution is 2.29. The zero-order valence-electron chi connectivity index (χ0n) is 18.4. The van der Waals surface area contributed by atoms with Crippen LogP contribution in [0.4, 0.5) is 5.82 Å². The molecule has 33 heavy (non-hydrogen) atoms. The summed E-state index contributed by atoms with van der Waals surface area (Å²) < 4.78 is 13.5. The summed E-state index contributed by atoms with van der Waals surface area (Å²) in [5.41, 5.74) is 4.60. The lowest BCUT2D eigenvalue weighted by molar-refractivity contribution is 0.413. The van der Waals surface area contributed by atoms with E-state index < -0.39 is 0 Å². The molecule has 7 heteroatoms. The van der Waals surface area contributed by atoms with Crippen LogP contribution in [0.1, 0.15) is 11.5 Å². The molecule has 5 aromatic rings. The van der Waals surface area contributed by atoms with Gasteiger partial charge in [-0.15, -0.1) is 10.2 Å². The Morgan fingerprint density at radius 1 is 0.939 bits per heavy atom. The van der Waals surface area contributed by atoms with Crippen molar-refractivity contribution in [1.82, 2.24) is 19.7 Å². The van der Waals surface area contributed by atoms with Gasteiger partial charge in [0.05, 0.1) is 37.1 Å². The molecule has 0 unspecified atom stereocenters. The second kappa shape index (κ2) is 9.00. The van der Waals surface area contributed by atoms with Gasteiger partial charge in [-0.3, -0.25) is 0 Å². The van der Waals surface area contributed by atoms with E-state index in [1.807, 2.05) is 90.5 Å². The first-order chi connectivity index (χ1) is 16.2. The molecule has 0 saturated carbocycles. The Bertz CT molecular complexity index is 1360. The third kappa shape index (κ3) is 4.48. The highest BCUT2D eigenvalue weighted by Gasteiger charge is 2.10. The Kier molecular flexibility index (Phi) is 5.59. The van der Waals surface area contributed by atoms with Crippen LogP contribution in [0.25, 0.3) is 28.3 Å². The van der Waals surface area contributed by atoms with Crippen LogP contribution in [-0.4, -0.2) is 26.9 Å². The molecule has 1 N–H and O–H groups in total. The second-order valence-electron chi connectivity index (χ2n) is 7.60. The first kappa shape index (κ1) is 20.5. The Morgan fingerprint density at radius 2 is 1.82 bits per heavy atom. The van der Waals surface area contributed by atoms with E-state index >= 15 is 0 Å². The third-order valence-electron chi connectivity index (χ3n) is 5.29. The number of nitrogens with one attached hydrogen (secondary N) is 1. The topological polar surface area (TPSA) is 78.0 Å². The molecule has 0 aliphatic rings. The first-order valence-electron chi connectivity index (χ1n) is 10.6. The van der Waals surface area contributed by atoms with Gasteiger partial charge in [-0.05, 0) is 43.3 Å². The zero-order chi connectivity index (χ0) is 22.6. The predicted molar refractivity (Wildman–Crippen MR) is 127 cm³/mol. The summed E-state index contributed by atoms with van der Waals surface area (Å²) in [6.45, 7) is 2.48. The van der Waals surface area contributed by atoms with Crippen molar-refractivity contribution < 1.29 is 9.15 Å². The number of methoxy groups -OCH3 is 1. The maximum atomic E-state index is 5.93. The summed E-state index contributed by atoms with van der Waals surface area (Å²) >= 11 is 0. The Labute approximate surface area is 191 Å². The van der Waals surface area contributed by atoms with E-state index in [1.54, 1.807) is 13.4 Å². The van der Waals surface area contributed by atoms with Crippen molar-refractivity contribution in [2.24, 2.45) is 0 Å². The molecule has 164 valence electrons. The average Bonchev–Trinajstić information content (AvgIpc) is 3.52. The van der Waals surface area contributed by atoms with Gasteiger partial charge in [0.25, 0.3) is 0 Å². The van der Waals surface area contributed by atoms with E-state index in [0.29, 0.717) is 12.4 Å². The standard InChI is InChI=1S/C26H23N5O2/c1-18-16-31(17-28-18)23-11-8-20(14-25(23)32-2)22-10-13-26(30-29-22)27-15-21-9-12-24(33-21)19-6-4-3-5-7-19/h3-14,16-17H,15H2,1-2H3,(H,27,30).